The third-order valence-corrected chi connectivity index (χ3v) is 2.54. The van der Waals surface area contributed by atoms with Gasteiger partial charge in [-0.3, -0.25) is 4.98 Å². The molecule has 0 spiro atoms. The van der Waals surface area contributed by atoms with Crippen molar-refractivity contribution in [3.8, 4) is 0 Å². The molecule has 4 heterocycles. The number of fused-ring (bicyclic) bond motifs is 2. The molecule has 18 heavy (non-hydrogen) atoms. The summed E-state index contributed by atoms with van der Waals surface area (Å²) in [5, 5.41) is 0. The van der Waals surface area contributed by atoms with E-state index in [4.69, 9.17) is 0 Å². The van der Waals surface area contributed by atoms with E-state index in [0.29, 0.717) is 0 Å². The van der Waals surface area contributed by atoms with Crippen molar-refractivity contribution < 1.29 is 0 Å². The average Bonchev–Trinajstić information content (AvgIpc) is 3.08. The predicted octanol–water partition coefficient (Wildman–Crippen LogP) is 2.29. The summed E-state index contributed by atoms with van der Waals surface area (Å²) >= 11 is 0. The van der Waals surface area contributed by atoms with Crippen molar-refractivity contribution in [2.24, 2.45) is 0 Å². The normalized spacial score (nSPS) is 10.2. The minimum Gasteiger partial charge on any atom is -0.343 e. The van der Waals surface area contributed by atoms with Crippen molar-refractivity contribution in [2.45, 2.75) is 0 Å². The minimum absolute atomic E-state index is 0.963. The highest BCUT2D eigenvalue weighted by atomic mass is 15.0. The Morgan fingerprint density at radius 3 is 2.94 bits per heavy atom. The third-order valence-electron chi connectivity index (χ3n) is 2.54. The van der Waals surface area contributed by atoms with Gasteiger partial charge in [-0.05, 0) is 18.2 Å². The van der Waals surface area contributed by atoms with Crippen LogP contribution in [-0.2, 0) is 0 Å². The Balaban J connectivity index is 0.000000111. The number of aromatic nitrogens is 5. The van der Waals surface area contributed by atoms with Gasteiger partial charge in [-0.25, -0.2) is 9.97 Å². The second kappa shape index (κ2) is 4.67. The number of hydrogen-bond donors (Lipinski definition) is 1. The fourth-order valence-electron chi connectivity index (χ4n) is 1.65. The molecule has 0 radical (unpaired) electrons. The van der Waals surface area contributed by atoms with Gasteiger partial charge in [0.1, 0.15) is 0 Å². The number of nitrogens with one attached hydrogen (secondary N) is 1. The van der Waals surface area contributed by atoms with Gasteiger partial charge in [0.15, 0.2) is 0 Å². The van der Waals surface area contributed by atoms with E-state index in [-0.39, 0.29) is 0 Å². The smallest absolute Gasteiger partial charge is 0.0991 e. The van der Waals surface area contributed by atoms with Crippen LogP contribution in [0.15, 0.2) is 61.7 Å². The Morgan fingerprint density at radius 2 is 2.06 bits per heavy atom. The molecule has 0 aliphatic rings. The molecule has 5 nitrogen and oxygen atoms in total. The Bertz CT molecular complexity index is 629. The summed E-state index contributed by atoms with van der Waals surface area (Å²) in [6, 6.07) is 7.87. The average molecular weight is 237 g/mol. The molecule has 0 aliphatic heterocycles. The lowest BCUT2D eigenvalue weighted by molar-refractivity contribution is 1.15. The fraction of sp³-hybridized carbons (Fsp3) is 0. The molecule has 1 N–H and O–H groups in total. The van der Waals surface area contributed by atoms with Crippen molar-refractivity contribution in [3.05, 3.63) is 61.7 Å². The van der Waals surface area contributed by atoms with Crippen LogP contribution in [0.1, 0.15) is 0 Å². The topological polar surface area (TPSA) is 58.9 Å². The highest BCUT2D eigenvalue weighted by molar-refractivity contribution is 5.72. The SMILES string of the molecule is c1cc2nc[nH]c2cn1.c1ccn2cncc2c1. The van der Waals surface area contributed by atoms with E-state index in [1.54, 1.807) is 25.0 Å². The van der Waals surface area contributed by atoms with E-state index < -0.39 is 0 Å². The summed E-state index contributed by atoms with van der Waals surface area (Å²) in [6.45, 7) is 0. The van der Waals surface area contributed by atoms with Crippen LogP contribution in [0.5, 0.6) is 0 Å². The zero-order valence-corrected chi connectivity index (χ0v) is 9.56. The van der Waals surface area contributed by atoms with Crippen LogP contribution < -0.4 is 0 Å². The number of rotatable bonds is 0. The minimum atomic E-state index is 0.963. The molecule has 0 saturated carbocycles. The Kier molecular flexibility index (Phi) is 2.71. The summed E-state index contributed by atoms with van der Waals surface area (Å²) in [4.78, 5) is 14.8. The molecular formula is C13H11N5. The van der Waals surface area contributed by atoms with Gasteiger partial charge < -0.3 is 9.38 Å². The first-order valence-corrected chi connectivity index (χ1v) is 5.53. The van der Waals surface area contributed by atoms with Gasteiger partial charge >= 0.3 is 0 Å². The van der Waals surface area contributed by atoms with E-state index in [9.17, 15) is 0 Å². The van der Waals surface area contributed by atoms with Crippen LogP contribution in [0, 0.1) is 0 Å². The maximum Gasteiger partial charge on any atom is 0.0991 e. The largest absolute Gasteiger partial charge is 0.343 e. The van der Waals surface area contributed by atoms with E-state index in [0.717, 1.165) is 16.6 Å². The highest BCUT2D eigenvalue weighted by Gasteiger charge is 1.89. The summed E-state index contributed by atoms with van der Waals surface area (Å²) < 4.78 is 1.97. The number of H-pyrrole nitrogens is 1. The standard InChI is InChI=1S/C7H6N2.C6H5N3/c1-2-4-9-6-8-5-7(9)3-1;1-2-7-3-6-5(1)8-4-9-6/h1-6H;1-4H,(H,8,9). The van der Waals surface area contributed by atoms with Crippen LogP contribution >= 0.6 is 0 Å². The molecule has 0 atom stereocenters. The van der Waals surface area contributed by atoms with Gasteiger partial charge in [0, 0.05) is 12.4 Å². The number of pyridine rings is 2. The fourth-order valence-corrected chi connectivity index (χ4v) is 1.65. The summed E-state index contributed by atoms with van der Waals surface area (Å²) in [5.74, 6) is 0. The second-order valence-corrected chi connectivity index (χ2v) is 3.72. The summed E-state index contributed by atoms with van der Waals surface area (Å²) in [7, 11) is 0. The molecule has 88 valence electrons. The van der Waals surface area contributed by atoms with Crippen LogP contribution in [-0.4, -0.2) is 24.3 Å². The lowest BCUT2D eigenvalue weighted by Gasteiger charge is -1.86. The molecule has 4 aromatic rings. The molecule has 0 aliphatic carbocycles. The molecule has 5 heteroatoms. The van der Waals surface area contributed by atoms with Gasteiger partial charge in [0.25, 0.3) is 0 Å². The molecule has 0 saturated heterocycles. The first kappa shape index (κ1) is 10.5. The van der Waals surface area contributed by atoms with Crippen molar-refractivity contribution in [1.29, 1.82) is 0 Å². The van der Waals surface area contributed by atoms with E-state index >= 15 is 0 Å². The summed E-state index contributed by atoms with van der Waals surface area (Å²) in [6.07, 6.45) is 10.7. The van der Waals surface area contributed by atoms with Gasteiger partial charge in [-0.1, -0.05) is 6.07 Å². The lowest BCUT2D eigenvalue weighted by Crippen LogP contribution is -1.75. The lowest BCUT2D eigenvalue weighted by atomic mass is 10.4. The molecule has 0 bridgehead atoms. The second-order valence-electron chi connectivity index (χ2n) is 3.72. The van der Waals surface area contributed by atoms with Crippen LogP contribution in [0.4, 0.5) is 0 Å². The maximum absolute atomic E-state index is 4.02. The molecule has 0 unspecified atom stereocenters. The molecule has 4 rings (SSSR count). The Hall–Kier alpha value is -2.69. The number of hydrogen-bond acceptors (Lipinski definition) is 3. The van der Waals surface area contributed by atoms with E-state index in [1.807, 2.05) is 41.1 Å². The molecule has 0 amide bonds. The van der Waals surface area contributed by atoms with Crippen molar-refractivity contribution in [3.63, 3.8) is 0 Å². The molecule has 4 aromatic heterocycles. The number of aromatic amines is 1. The van der Waals surface area contributed by atoms with Crippen LogP contribution in [0.2, 0.25) is 0 Å². The Labute approximate surface area is 103 Å². The summed E-state index contributed by atoms with van der Waals surface area (Å²) in [5.41, 5.74) is 3.08. The zero-order chi connectivity index (χ0) is 12.2. The van der Waals surface area contributed by atoms with Gasteiger partial charge in [-0.2, -0.15) is 0 Å². The van der Waals surface area contributed by atoms with Gasteiger partial charge in [0.2, 0.25) is 0 Å². The number of imidazole rings is 2. The van der Waals surface area contributed by atoms with E-state index in [2.05, 4.69) is 19.9 Å². The van der Waals surface area contributed by atoms with E-state index in [1.165, 1.54) is 0 Å². The van der Waals surface area contributed by atoms with Crippen molar-refractivity contribution in [2.75, 3.05) is 0 Å². The number of nitrogens with zero attached hydrogens (tertiary/aromatic N) is 4. The zero-order valence-electron chi connectivity index (χ0n) is 9.56. The van der Waals surface area contributed by atoms with Crippen LogP contribution in [0.25, 0.3) is 16.6 Å². The molecule has 0 fully saturated rings. The first-order valence-electron chi connectivity index (χ1n) is 5.53. The van der Waals surface area contributed by atoms with Crippen LogP contribution in [0.3, 0.4) is 0 Å². The quantitative estimate of drug-likeness (QED) is 0.510. The third kappa shape index (κ3) is 2.06. The highest BCUT2D eigenvalue weighted by Crippen LogP contribution is 2.03. The van der Waals surface area contributed by atoms with Crippen molar-refractivity contribution >= 4 is 16.6 Å². The predicted molar refractivity (Wildman–Crippen MR) is 69.1 cm³/mol. The molecule has 0 aromatic carbocycles. The van der Waals surface area contributed by atoms with Gasteiger partial charge in [0.05, 0.1) is 41.6 Å². The van der Waals surface area contributed by atoms with Gasteiger partial charge in [-0.15, -0.1) is 0 Å². The Morgan fingerprint density at radius 1 is 1.06 bits per heavy atom. The monoisotopic (exact) mass is 237 g/mol. The molecular weight excluding hydrogens is 226 g/mol. The van der Waals surface area contributed by atoms with Crippen molar-refractivity contribution in [1.82, 2.24) is 24.3 Å². The maximum atomic E-state index is 4.02. The first-order chi connectivity index (χ1) is 8.93.